The van der Waals surface area contributed by atoms with E-state index in [1.807, 2.05) is 31.2 Å². The van der Waals surface area contributed by atoms with E-state index in [0.29, 0.717) is 6.61 Å². The molecule has 0 saturated heterocycles. The number of nitrogens with one attached hydrogen (secondary N) is 1. The number of hydrogen-bond acceptors (Lipinski definition) is 3. The molecule has 0 amide bonds. The van der Waals surface area contributed by atoms with Crippen molar-refractivity contribution < 1.29 is 9.47 Å². The molecule has 3 nitrogen and oxygen atoms in total. The number of para-hydroxylation sites is 2. The van der Waals surface area contributed by atoms with Crippen molar-refractivity contribution in [2.75, 3.05) is 31.7 Å². The molecule has 0 bridgehead atoms. The van der Waals surface area contributed by atoms with Crippen LogP contribution in [-0.4, -0.2) is 26.4 Å². The van der Waals surface area contributed by atoms with Crippen molar-refractivity contribution in [1.82, 2.24) is 0 Å². The van der Waals surface area contributed by atoms with Crippen LogP contribution < -0.4 is 10.1 Å². The van der Waals surface area contributed by atoms with Crippen molar-refractivity contribution in [3.63, 3.8) is 0 Å². The number of anilines is 1. The zero-order chi connectivity index (χ0) is 11.6. The lowest BCUT2D eigenvalue weighted by Crippen LogP contribution is -2.10. The molecule has 0 unspecified atom stereocenters. The molecule has 16 heavy (non-hydrogen) atoms. The Morgan fingerprint density at radius 2 is 1.94 bits per heavy atom. The second-order valence-corrected chi connectivity index (χ2v) is 3.47. The fourth-order valence-corrected chi connectivity index (χ4v) is 1.40. The van der Waals surface area contributed by atoms with Crippen LogP contribution in [0.4, 0.5) is 5.69 Å². The molecule has 0 radical (unpaired) electrons. The van der Waals surface area contributed by atoms with Crippen LogP contribution in [0.15, 0.2) is 24.3 Å². The summed E-state index contributed by atoms with van der Waals surface area (Å²) in [5, 5.41) is 3.31. The van der Waals surface area contributed by atoms with Crippen LogP contribution in [0.3, 0.4) is 0 Å². The van der Waals surface area contributed by atoms with Gasteiger partial charge in [0.1, 0.15) is 5.75 Å². The molecule has 0 aromatic heterocycles. The predicted molar refractivity (Wildman–Crippen MR) is 67.2 cm³/mol. The zero-order valence-corrected chi connectivity index (χ0v) is 10.2. The van der Waals surface area contributed by atoms with E-state index < -0.39 is 0 Å². The molecular weight excluding hydrogens is 202 g/mol. The monoisotopic (exact) mass is 223 g/mol. The number of benzene rings is 1. The van der Waals surface area contributed by atoms with E-state index in [1.165, 1.54) is 0 Å². The molecular formula is C13H21NO2. The van der Waals surface area contributed by atoms with Crippen LogP contribution in [0, 0.1) is 0 Å². The molecule has 0 saturated carbocycles. The number of hydrogen-bond donors (Lipinski definition) is 1. The first-order valence-corrected chi connectivity index (χ1v) is 5.92. The average molecular weight is 223 g/mol. The van der Waals surface area contributed by atoms with Gasteiger partial charge in [-0.1, -0.05) is 19.1 Å². The number of ether oxygens (including phenoxy) is 2. The van der Waals surface area contributed by atoms with Gasteiger partial charge in [0.25, 0.3) is 0 Å². The van der Waals surface area contributed by atoms with E-state index in [2.05, 4.69) is 12.2 Å². The lowest BCUT2D eigenvalue weighted by atomic mass is 10.3. The van der Waals surface area contributed by atoms with Gasteiger partial charge in [-0.2, -0.15) is 0 Å². The van der Waals surface area contributed by atoms with Gasteiger partial charge >= 0.3 is 0 Å². The normalized spacial score (nSPS) is 10.1. The van der Waals surface area contributed by atoms with Gasteiger partial charge in [-0.05, 0) is 25.5 Å². The third-order valence-electron chi connectivity index (χ3n) is 2.10. The van der Waals surface area contributed by atoms with E-state index in [1.54, 1.807) is 0 Å². The van der Waals surface area contributed by atoms with E-state index in [9.17, 15) is 0 Å². The summed E-state index contributed by atoms with van der Waals surface area (Å²) < 4.78 is 10.9. The van der Waals surface area contributed by atoms with E-state index >= 15 is 0 Å². The molecule has 90 valence electrons. The largest absolute Gasteiger partial charge is 0.492 e. The van der Waals surface area contributed by atoms with Crippen molar-refractivity contribution in [3.05, 3.63) is 24.3 Å². The maximum absolute atomic E-state index is 5.51. The minimum atomic E-state index is 0.686. The van der Waals surface area contributed by atoms with Crippen molar-refractivity contribution >= 4 is 5.69 Å². The first-order chi connectivity index (χ1) is 7.88. The van der Waals surface area contributed by atoms with Crippen molar-refractivity contribution in [2.24, 2.45) is 0 Å². The summed E-state index contributed by atoms with van der Waals surface area (Å²) in [5.74, 6) is 0.903. The first-order valence-electron chi connectivity index (χ1n) is 5.92. The summed E-state index contributed by atoms with van der Waals surface area (Å²) in [6.45, 7) is 7.15. The average Bonchev–Trinajstić information content (AvgIpc) is 2.31. The Morgan fingerprint density at radius 1 is 1.12 bits per heavy atom. The van der Waals surface area contributed by atoms with Crippen LogP contribution in [0.2, 0.25) is 0 Å². The zero-order valence-electron chi connectivity index (χ0n) is 10.2. The molecule has 3 heteroatoms. The molecule has 1 rings (SSSR count). The summed E-state index contributed by atoms with van der Waals surface area (Å²) in [4.78, 5) is 0. The molecule has 0 aliphatic rings. The van der Waals surface area contributed by atoms with Crippen LogP contribution >= 0.6 is 0 Å². The van der Waals surface area contributed by atoms with Crippen molar-refractivity contribution in [1.29, 1.82) is 0 Å². The minimum absolute atomic E-state index is 0.686. The third kappa shape index (κ3) is 4.53. The lowest BCUT2D eigenvalue weighted by Gasteiger charge is -2.12. The highest BCUT2D eigenvalue weighted by atomic mass is 16.5. The maximum Gasteiger partial charge on any atom is 0.142 e. The van der Waals surface area contributed by atoms with Crippen LogP contribution in [0.5, 0.6) is 5.75 Å². The highest BCUT2D eigenvalue weighted by Gasteiger charge is 2.00. The van der Waals surface area contributed by atoms with Crippen LogP contribution in [0.1, 0.15) is 20.3 Å². The fraction of sp³-hybridized carbons (Fsp3) is 0.538. The fourth-order valence-electron chi connectivity index (χ4n) is 1.40. The highest BCUT2D eigenvalue weighted by Crippen LogP contribution is 2.23. The van der Waals surface area contributed by atoms with Gasteiger partial charge in [-0.15, -0.1) is 0 Å². The summed E-state index contributed by atoms with van der Waals surface area (Å²) in [6, 6.07) is 7.96. The van der Waals surface area contributed by atoms with Gasteiger partial charge in [-0.25, -0.2) is 0 Å². The van der Waals surface area contributed by atoms with E-state index in [4.69, 9.17) is 9.47 Å². The van der Waals surface area contributed by atoms with Gasteiger partial charge in [-0.3, -0.25) is 0 Å². The molecule has 0 spiro atoms. The van der Waals surface area contributed by atoms with Gasteiger partial charge in [0.2, 0.25) is 0 Å². The third-order valence-corrected chi connectivity index (χ3v) is 2.10. The number of rotatable bonds is 8. The Balaban J connectivity index is 2.34. The minimum Gasteiger partial charge on any atom is -0.492 e. The van der Waals surface area contributed by atoms with Crippen LogP contribution in [-0.2, 0) is 4.74 Å². The van der Waals surface area contributed by atoms with E-state index in [-0.39, 0.29) is 0 Å². The predicted octanol–water partition coefficient (Wildman–Crippen LogP) is 2.92. The molecule has 0 heterocycles. The van der Waals surface area contributed by atoms with Gasteiger partial charge in [0.15, 0.2) is 0 Å². The Labute approximate surface area is 97.8 Å². The SMILES string of the molecule is CCCOCCNc1ccccc1OCC. The lowest BCUT2D eigenvalue weighted by molar-refractivity contribution is 0.144. The summed E-state index contributed by atoms with van der Waals surface area (Å²) >= 11 is 0. The summed E-state index contributed by atoms with van der Waals surface area (Å²) in [6.07, 6.45) is 1.07. The highest BCUT2D eigenvalue weighted by molar-refractivity contribution is 5.56. The molecule has 1 aromatic carbocycles. The van der Waals surface area contributed by atoms with Crippen molar-refractivity contribution in [3.8, 4) is 5.75 Å². The molecule has 0 atom stereocenters. The summed E-state index contributed by atoms with van der Waals surface area (Å²) in [7, 11) is 0. The van der Waals surface area contributed by atoms with Crippen LogP contribution in [0.25, 0.3) is 0 Å². The molecule has 0 aliphatic heterocycles. The van der Waals surface area contributed by atoms with Gasteiger partial charge in [0.05, 0.1) is 18.9 Å². The summed E-state index contributed by atoms with van der Waals surface area (Å²) in [5.41, 5.74) is 1.03. The van der Waals surface area contributed by atoms with Gasteiger partial charge < -0.3 is 14.8 Å². The van der Waals surface area contributed by atoms with Crippen molar-refractivity contribution in [2.45, 2.75) is 20.3 Å². The molecule has 0 fully saturated rings. The maximum atomic E-state index is 5.51. The second kappa shape index (κ2) is 7.99. The standard InChI is InChI=1S/C13H21NO2/c1-3-10-15-11-9-14-12-7-5-6-8-13(12)16-4-2/h5-8,14H,3-4,9-11H2,1-2H3. The quantitative estimate of drug-likeness (QED) is 0.687. The second-order valence-electron chi connectivity index (χ2n) is 3.47. The molecule has 0 aliphatic carbocycles. The van der Waals surface area contributed by atoms with E-state index in [0.717, 1.165) is 37.6 Å². The Kier molecular flexibility index (Phi) is 6.42. The molecule has 1 N–H and O–H groups in total. The Bertz CT molecular complexity index is 289. The Hall–Kier alpha value is -1.22. The molecule has 1 aromatic rings. The smallest absolute Gasteiger partial charge is 0.142 e. The van der Waals surface area contributed by atoms with Gasteiger partial charge in [0, 0.05) is 13.2 Å². The first kappa shape index (κ1) is 12.8. The topological polar surface area (TPSA) is 30.5 Å². The Morgan fingerprint density at radius 3 is 2.69 bits per heavy atom.